The summed E-state index contributed by atoms with van der Waals surface area (Å²) in [5, 5.41) is 7.53. The first kappa shape index (κ1) is 17.5. The third-order valence-electron chi connectivity index (χ3n) is 2.23. The zero-order valence-corrected chi connectivity index (χ0v) is 13.3. The molecule has 103 valence electrons. The minimum Gasteiger partial charge on any atom is -0.339 e. The number of pyridine rings is 1. The van der Waals surface area contributed by atoms with Crippen molar-refractivity contribution < 1.29 is 30.0 Å². The van der Waals surface area contributed by atoms with Gasteiger partial charge < -0.3 is 14.9 Å². The molecule has 1 heterocycles. The first-order valence-corrected chi connectivity index (χ1v) is 5.77. The Labute approximate surface area is 127 Å². The summed E-state index contributed by atoms with van der Waals surface area (Å²) in [5.74, 6) is -0.583. The molecule has 0 amide bonds. The van der Waals surface area contributed by atoms with Gasteiger partial charge in [0.15, 0.2) is 0 Å². The second-order valence-electron chi connectivity index (χ2n) is 3.73. The number of nitrogens with zero attached hydrogens (tertiary/aromatic N) is 1. The van der Waals surface area contributed by atoms with Crippen LogP contribution in [0.3, 0.4) is 0 Å². The van der Waals surface area contributed by atoms with E-state index in [0.29, 0.717) is 0 Å². The Morgan fingerprint density at radius 2 is 2.00 bits per heavy atom. The van der Waals surface area contributed by atoms with Crippen molar-refractivity contribution in [1.82, 2.24) is 4.98 Å². The van der Waals surface area contributed by atoms with Crippen molar-refractivity contribution in [3.05, 3.63) is 54.2 Å². The smallest absolute Gasteiger partial charge is 0.339 e. The van der Waals surface area contributed by atoms with Crippen LogP contribution in [0.25, 0.3) is 11.3 Å². The van der Waals surface area contributed by atoms with E-state index in [4.69, 9.17) is 9.90 Å². The molecule has 2 rings (SSSR count). The molecule has 0 bridgehead atoms. The van der Waals surface area contributed by atoms with Crippen LogP contribution in [-0.4, -0.2) is 20.9 Å². The summed E-state index contributed by atoms with van der Waals surface area (Å²) >= 11 is 0. The van der Waals surface area contributed by atoms with Gasteiger partial charge in [0.2, 0.25) is 0 Å². The summed E-state index contributed by atoms with van der Waals surface area (Å²) in [4.78, 5) is 11.8. The van der Waals surface area contributed by atoms with E-state index < -0.39 is 5.97 Å². The maximum atomic E-state index is 7.53. The summed E-state index contributed by atoms with van der Waals surface area (Å²) in [7, 11) is 0. The Balaban J connectivity index is 0.000000576. The van der Waals surface area contributed by atoms with Gasteiger partial charge in [0.05, 0.1) is 6.92 Å². The van der Waals surface area contributed by atoms with Crippen molar-refractivity contribution in [2.45, 2.75) is 20.3 Å². The molecule has 4 heteroatoms. The predicted octanol–water partition coefficient (Wildman–Crippen LogP) is 3.18. The molecule has 3 nitrogen and oxygen atoms in total. The van der Waals surface area contributed by atoms with Crippen LogP contribution in [0.1, 0.15) is 19.4 Å². The molecule has 1 aromatic heterocycles. The SMILES string of the molecule is CC(O)=[OH+].CCc1c[c-]c(-c2ccccn2)cc1.[Ir]. The van der Waals surface area contributed by atoms with E-state index in [1.54, 1.807) is 6.20 Å². The quantitative estimate of drug-likeness (QED) is 0.582. The van der Waals surface area contributed by atoms with Crippen molar-refractivity contribution in [3.63, 3.8) is 0 Å². The van der Waals surface area contributed by atoms with E-state index in [0.717, 1.165) is 17.7 Å². The van der Waals surface area contributed by atoms with Gasteiger partial charge in [0, 0.05) is 26.3 Å². The van der Waals surface area contributed by atoms with Crippen molar-refractivity contribution in [1.29, 1.82) is 0 Å². The second kappa shape index (κ2) is 9.42. The van der Waals surface area contributed by atoms with Crippen LogP contribution in [0.2, 0.25) is 0 Å². The van der Waals surface area contributed by atoms with Crippen LogP contribution in [0, 0.1) is 6.07 Å². The molecule has 0 atom stereocenters. The Hall–Kier alpha value is -1.51. The molecular weight excluding hydrogens is 418 g/mol. The number of hydrogen-bond acceptors (Lipinski definition) is 1. The second-order valence-corrected chi connectivity index (χ2v) is 3.73. The minimum absolute atomic E-state index is 0. The largest absolute Gasteiger partial charge is 0.477 e. The van der Waals surface area contributed by atoms with Crippen LogP contribution < -0.4 is 0 Å². The van der Waals surface area contributed by atoms with E-state index in [2.05, 4.69) is 30.1 Å². The fraction of sp³-hybridized carbons (Fsp3) is 0.200. The number of rotatable bonds is 2. The molecular formula is C15H17IrNO2. The van der Waals surface area contributed by atoms with Gasteiger partial charge in [-0.2, -0.15) is 0 Å². The summed E-state index contributed by atoms with van der Waals surface area (Å²) in [6, 6.07) is 15.4. The van der Waals surface area contributed by atoms with Gasteiger partial charge in [-0.05, 0) is 11.8 Å². The number of benzene rings is 1. The molecule has 0 aliphatic carbocycles. The molecule has 0 spiro atoms. The van der Waals surface area contributed by atoms with Crippen molar-refractivity contribution in [3.8, 4) is 11.3 Å². The van der Waals surface area contributed by atoms with E-state index in [9.17, 15) is 0 Å². The normalized spacial score (nSPS) is 8.74. The monoisotopic (exact) mass is 436 g/mol. The standard InChI is InChI=1S/C13H12N.C2H4O2.Ir/c1-2-11-6-8-12(9-7-11)13-5-3-4-10-14-13;1-2(3)4;/h3-8,10H,2H2,1H3;1H3,(H,3,4);/q-1;;/p+1. The van der Waals surface area contributed by atoms with Crippen LogP contribution in [0.15, 0.2) is 42.6 Å². The first-order valence-electron chi connectivity index (χ1n) is 5.77. The molecule has 1 aromatic carbocycles. The average molecular weight is 436 g/mol. The summed E-state index contributed by atoms with van der Waals surface area (Å²) in [6.45, 7) is 3.34. The zero-order valence-electron chi connectivity index (χ0n) is 10.9. The van der Waals surface area contributed by atoms with Crippen LogP contribution in [0.4, 0.5) is 0 Å². The van der Waals surface area contributed by atoms with Crippen LogP contribution in [-0.2, 0) is 26.5 Å². The van der Waals surface area contributed by atoms with Gasteiger partial charge in [-0.15, -0.1) is 35.4 Å². The van der Waals surface area contributed by atoms with E-state index >= 15 is 0 Å². The minimum atomic E-state index is -0.583. The molecule has 2 aromatic rings. The average Bonchev–Trinajstić information content (AvgIpc) is 2.39. The number of aliphatic carboxylic acids is 1. The maximum Gasteiger partial charge on any atom is 0.477 e. The third kappa shape index (κ3) is 6.84. The fourth-order valence-electron chi connectivity index (χ4n) is 1.36. The molecule has 0 aliphatic heterocycles. The Kier molecular flexibility index (Phi) is 8.67. The summed E-state index contributed by atoms with van der Waals surface area (Å²) in [6.07, 6.45) is 2.86. The number of carboxylic acid groups (broad SMARTS) is 1. The molecule has 0 aliphatic rings. The third-order valence-corrected chi connectivity index (χ3v) is 2.23. The molecule has 19 heavy (non-hydrogen) atoms. The Morgan fingerprint density at radius 3 is 2.42 bits per heavy atom. The van der Waals surface area contributed by atoms with Gasteiger partial charge in [-0.25, -0.2) is 0 Å². The molecule has 0 fully saturated rings. The van der Waals surface area contributed by atoms with Crippen LogP contribution >= 0.6 is 0 Å². The van der Waals surface area contributed by atoms with Crippen molar-refractivity contribution in [2.75, 3.05) is 0 Å². The van der Waals surface area contributed by atoms with Gasteiger partial charge in [0.1, 0.15) is 0 Å². The first-order chi connectivity index (χ1) is 8.63. The van der Waals surface area contributed by atoms with Gasteiger partial charge >= 0.3 is 5.97 Å². The van der Waals surface area contributed by atoms with Crippen molar-refractivity contribution >= 4 is 5.97 Å². The molecule has 0 unspecified atom stereocenters. The molecule has 2 N–H and O–H groups in total. The van der Waals surface area contributed by atoms with E-state index in [-0.39, 0.29) is 20.1 Å². The predicted molar refractivity (Wildman–Crippen MR) is 73.1 cm³/mol. The number of aliphatic hydroxyl groups excluding tert-OH is 1. The summed E-state index contributed by atoms with van der Waals surface area (Å²) < 4.78 is 0. The number of aryl methyl sites for hydroxylation is 1. The topological polar surface area (TPSA) is 54.5 Å². The van der Waals surface area contributed by atoms with E-state index in [1.165, 1.54) is 12.5 Å². The summed E-state index contributed by atoms with van der Waals surface area (Å²) in [5.41, 5.74) is 3.35. The maximum absolute atomic E-state index is 7.53. The molecule has 0 saturated heterocycles. The van der Waals surface area contributed by atoms with Crippen molar-refractivity contribution in [2.24, 2.45) is 0 Å². The van der Waals surface area contributed by atoms with Gasteiger partial charge in [-0.3, -0.25) is 0 Å². The van der Waals surface area contributed by atoms with E-state index in [1.807, 2.05) is 24.3 Å². The molecule has 1 radical (unpaired) electrons. The number of hydrogen-bond donors (Lipinski definition) is 1. The van der Waals surface area contributed by atoms with Gasteiger partial charge in [-0.1, -0.05) is 25.5 Å². The number of aromatic nitrogens is 1. The van der Waals surface area contributed by atoms with Crippen LogP contribution in [0.5, 0.6) is 0 Å². The zero-order chi connectivity index (χ0) is 13.4. The molecule has 0 saturated carbocycles. The Bertz CT molecular complexity index is 479. The Morgan fingerprint density at radius 1 is 1.32 bits per heavy atom. The van der Waals surface area contributed by atoms with Gasteiger partial charge in [0.25, 0.3) is 0 Å². The fourth-order valence-corrected chi connectivity index (χ4v) is 1.36. The number of carboxylic acids is 1.